The van der Waals surface area contributed by atoms with Crippen molar-refractivity contribution in [2.24, 2.45) is 0 Å². The van der Waals surface area contributed by atoms with E-state index in [9.17, 15) is 0 Å². The van der Waals surface area contributed by atoms with Gasteiger partial charge in [0.25, 0.3) is 0 Å². The first-order chi connectivity index (χ1) is 11.2. The number of rotatable bonds is 15. The summed E-state index contributed by atoms with van der Waals surface area (Å²) >= 11 is -2.14. The molecule has 0 heterocycles. The van der Waals surface area contributed by atoms with Crippen LogP contribution in [0.25, 0.3) is 0 Å². The normalized spacial score (nSPS) is 11.3. The fourth-order valence-corrected chi connectivity index (χ4v) is 16.8. The number of unbranched alkanes of at least 4 members (excludes halogenated alkanes) is 9. The molecule has 0 aliphatic rings. The molecule has 0 aromatic heterocycles. The van der Waals surface area contributed by atoms with Crippen molar-refractivity contribution < 1.29 is 0 Å². The second-order valence-corrected chi connectivity index (χ2v) is 19.7. The van der Waals surface area contributed by atoms with Crippen LogP contribution < -0.4 is 0 Å². The van der Waals surface area contributed by atoms with E-state index in [-0.39, 0.29) is 0 Å². The summed E-state index contributed by atoms with van der Waals surface area (Å²) in [4.78, 5) is 0. The van der Waals surface area contributed by atoms with Crippen molar-refractivity contribution in [3.63, 3.8) is 0 Å². The van der Waals surface area contributed by atoms with Crippen LogP contribution in [0, 0.1) is 9.86 Å². The molecule has 0 aliphatic carbocycles. The molecular formula is C22H44Sn. The predicted octanol–water partition coefficient (Wildman–Crippen LogP) is 8.13. The third kappa shape index (κ3) is 13.3. The van der Waals surface area contributed by atoms with Gasteiger partial charge in [0.15, 0.2) is 0 Å². The molecule has 0 aliphatic heterocycles. The van der Waals surface area contributed by atoms with Crippen LogP contribution in [0.5, 0.6) is 0 Å². The van der Waals surface area contributed by atoms with E-state index in [1.54, 1.807) is 0 Å². The summed E-state index contributed by atoms with van der Waals surface area (Å²) in [5.74, 6) is 3.69. The molecule has 1 heteroatoms. The van der Waals surface area contributed by atoms with Crippen molar-refractivity contribution in [2.75, 3.05) is 0 Å². The van der Waals surface area contributed by atoms with Crippen molar-refractivity contribution in [1.29, 1.82) is 0 Å². The zero-order valence-corrected chi connectivity index (χ0v) is 19.7. The summed E-state index contributed by atoms with van der Waals surface area (Å²) in [6.07, 6.45) is 17.9. The molecule has 0 radical (unpaired) electrons. The molecule has 0 nitrogen and oxygen atoms in total. The summed E-state index contributed by atoms with van der Waals surface area (Å²) in [7, 11) is 0. The number of hydrogen-bond donors (Lipinski definition) is 0. The third-order valence-corrected chi connectivity index (χ3v) is 18.3. The van der Waals surface area contributed by atoms with Crippen LogP contribution in [-0.2, 0) is 0 Å². The van der Waals surface area contributed by atoms with Gasteiger partial charge in [0, 0.05) is 0 Å². The Kier molecular flexibility index (Phi) is 17.5. The standard InChI is InChI=1S/C10H17.3C4H9.Sn/c1-3-5-7-9-10-8-6-4-2;3*1-3-4-2;/h3,5-10H2,1H3;3*1,3-4H2,2H3;. The van der Waals surface area contributed by atoms with Crippen molar-refractivity contribution in [2.45, 2.75) is 124 Å². The first kappa shape index (κ1) is 23.4. The predicted molar refractivity (Wildman–Crippen MR) is 111 cm³/mol. The van der Waals surface area contributed by atoms with Crippen molar-refractivity contribution >= 4 is 18.4 Å². The molecule has 0 saturated carbocycles. The van der Waals surface area contributed by atoms with Crippen molar-refractivity contribution in [3.8, 4) is 9.86 Å². The molecule has 23 heavy (non-hydrogen) atoms. The Labute approximate surface area is 152 Å². The quantitative estimate of drug-likeness (QED) is 0.141. The first-order valence-electron chi connectivity index (χ1n) is 10.7. The summed E-state index contributed by atoms with van der Waals surface area (Å²) in [5, 5.41) is 0. The molecule has 0 N–H and O–H groups in total. The fraction of sp³-hybridized carbons (Fsp3) is 0.909. The molecule has 0 amide bonds. The van der Waals surface area contributed by atoms with E-state index in [1.165, 1.54) is 96.8 Å². The summed E-state index contributed by atoms with van der Waals surface area (Å²) in [6.45, 7) is 9.33. The Morgan fingerprint density at radius 2 is 0.957 bits per heavy atom. The second kappa shape index (κ2) is 17.2. The van der Waals surface area contributed by atoms with Crippen LogP contribution >= 0.6 is 0 Å². The molecule has 0 unspecified atom stereocenters. The molecule has 136 valence electrons. The van der Waals surface area contributed by atoms with E-state index in [2.05, 4.69) is 37.6 Å². The molecule has 0 aromatic carbocycles. The second-order valence-electron chi connectivity index (χ2n) is 7.41. The Balaban J connectivity index is 4.42. The molecule has 0 spiro atoms. The van der Waals surface area contributed by atoms with Crippen LogP contribution in [0.1, 0.15) is 111 Å². The summed E-state index contributed by atoms with van der Waals surface area (Å²) in [5.41, 5.74) is 0. The molecule has 0 fully saturated rings. The monoisotopic (exact) mass is 428 g/mol. The Morgan fingerprint density at radius 1 is 0.522 bits per heavy atom. The zero-order chi connectivity index (χ0) is 17.2. The van der Waals surface area contributed by atoms with Gasteiger partial charge in [-0.2, -0.15) is 0 Å². The van der Waals surface area contributed by atoms with Gasteiger partial charge in [0.05, 0.1) is 0 Å². The average Bonchev–Trinajstić information content (AvgIpc) is 2.58. The van der Waals surface area contributed by atoms with Gasteiger partial charge < -0.3 is 0 Å². The fourth-order valence-electron chi connectivity index (χ4n) is 3.35. The van der Waals surface area contributed by atoms with E-state index in [0.717, 1.165) is 0 Å². The maximum atomic E-state index is 4.00. The number of hydrogen-bond acceptors (Lipinski definition) is 0. The Morgan fingerprint density at radius 3 is 1.43 bits per heavy atom. The van der Waals surface area contributed by atoms with Gasteiger partial charge in [-0.05, 0) is 0 Å². The molecule has 0 saturated heterocycles. The van der Waals surface area contributed by atoms with Gasteiger partial charge in [0.2, 0.25) is 0 Å². The van der Waals surface area contributed by atoms with Crippen molar-refractivity contribution in [3.05, 3.63) is 0 Å². The van der Waals surface area contributed by atoms with Crippen LogP contribution in [-0.4, -0.2) is 18.4 Å². The van der Waals surface area contributed by atoms with Gasteiger partial charge in [0.1, 0.15) is 0 Å². The van der Waals surface area contributed by atoms with E-state index < -0.39 is 18.4 Å². The minimum absolute atomic E-state index is 1.18. The Bertz CT molecular complexity index is 275. The van der Waals surface area contributed by atoms with Crippen LogP contribution in [0.4, 0.5) is 0 Å². The van der Waals surface area contributed by atoms with Gasteiger partial charge >= 0.3 is 153 Å². The van der Waals surface area contributed by atoms with E-state index in [4.69, 9.17) is 0 Å². The van der Waals surface area contributed by atoms with Crippen LogP contribution in [0.3, 0.4) is 0 Å². The molecule has 0 rings (SSSR count). The van der Waals surface area contributed by atoms with Crippen molar-refractivity contribution in [1.82, 2.24) is 0 Å². The zero-order valence-electron chi connectivity index (χ0n) is 16.8. The van der Waals surface area contributed by atoms with E-state index in [0.29, 0.717) is 0 Å². The molecular weight excluding hydrogens is 383 g/mol. The first-order valence-corrected chi connectivity index (χ1v) is 18.2. The topological polar surface area (TPSA) is 0 Å². The summed E-state index contributed by atoms with van der Waals surface area (Å²) < 4.78 is 8.61. The van der Waals surface area contributed by atoms with Crippen LogP contribution in [0.15, 0.2) is 0 Å². The maximum absolute atomic E-state index is 4.00. The van der Waals surface area contributed by atoms with Gasteiger partial charge in [-0.15, -0.1) is 0 Å². The van der Waals surface area contributed by atoms with Crippen LogP contribution in [0.2, 0.25) is 13.3 Å². The average molecular weight is 427 g/mol. The molecule has 0 atom stereocenters. The molecule has 0 bridgehead atoms. The third-order valence-electron chi connectivity index (χ3n) is 5.04. The summed E-state index contributed by atoms with van der Waals surface area (Å²) in [6, 6.07) is 0. The SMILES string of the molecule is CCCCCCCCC#[C][Sn]([CH2]CCC)([CH2]CCC)[CH2]CCC. The van der Waals surface area contributed by atoms with Gasteiger partial charge in [-0.25, -0.2) is 0 Å². The Hall–Kier alpha value is 0.359. The van der Waals surface area contributed by atoms with Gasteiger partial charge in [-0.3, -0.25) is 0 Å². The minimum atomic E-state index is -2.14. The van der Waals surface area contributed by atoms with E-state index >= 15 is 0 Å². The van der Waals surface area contributed by atoms with Gasteiger partial charge in [-0.1, -0.05) is 0 Å². The molecule has 0 aromatic rings. The van der Waals surface area contributed by atoms with E-state index in [1.807, 2.05) is 0 Å².